The Labute approximate surface area is 142 Å². The van der Waals surface area contributed by atoms with E-state index in [9.17, 15) is 14.9 Å². The van der Waals surface area contributed by atoms with Crippen LogP contribution in [0.2, 0.25) is 0 Å². The molecular weight excluding hydrogens is 324 g/mol. The fraction of sp³-hybridized carbons (Fsp3) is 0.222. The lowest BCUT2D eigenvalue weighted by atomic mass is 9.74. The molecule has 1 heterocycles. The Morgan fingerprint density at radius 1 is 1.24 bits per heavy atom. The van der Waals surface area contributed by atoms with Crippen molar-refractivity contribution in [2.75, 3.05) is 14.2 Å². The summed E-state index contributed by atoms with van der Waals surface area (Å²) in [5.41, 5.74) is -0.178. The highest BCUT2D eigenvalue weighted by Gasteiger charge is 2.56. The molecule has 2 aliphatic carbocycles. The predicted molar refractivity (Wildman–Crippen MR) is 89.5 cm³/mol. The van der Waals surface area contributed by atoms with Crippen LogP contribution in [0.3, 0.4) is 0 Å². The number of benzene rings is 1. The third-order valence-electron chi connectivity index (χ3n) is 4.83. The van der Waals surface area contributed by atoms with Crippen molar-refractivity contribution >= 4 is 16.6 Å². The molecule has 25 heavy (non-hydrogen) atoms. The molecule has 7 heteroatoms. The normalized spacial score (nSPS) is 19.6. The van der Waals surface area contributed by atoms with Gasteiger partial charge in [0.2, 0.25) is 0 Å². The number of ether oxygens (including phenoxy) is 2. The summed E-state index contributed by atoms with van der Waals surface area (Å²) in [6, 6.07) is 2.41. The number of ketones is 1. The maximum Gasteiger partial charge on any atom is 0.271 e. The van der Waals surface area contributed by atoms with E-state index in [1.807, 2.05) is 0 Å². The molecule has 0 saturated heterocycles. The van der Waals surface area contributed by atoms with E-state index in [2.05, 4.69) is 4.98 Å². The molecule has 126 valence electrons. The minimum absolute atomic E-state index is 0.213. The number of fused-ring (bicyclic) bond motifs is 1. The molecule has 0 N–H and O–H groups in total. The SMILES string of the molecule is COc1cc2ccnc3c2c(c1OC)C1(C=CC(=O)C=C1)C3[N+](=O)[O-]. The number of carbonyl (C=O) groups is 1. The maximum atomic E-state index is 12.0. The summed E-state index contributed by atoms with van der Waals surface area (Å²) in [5, 5.41) is 13.4. The number of nitrogens with zero attached hydrogens (tertiary/aromatic N) is 2. The van der Waals surface area contributed by atoms with Crippen molar-refractivity contribution in [1.29, 1.82) is 0 Å². The highest BCUT2D eigenvalue weighted by atomic mass is 16.6. The average Bonchev–Trinajstić information content (AvgIpc) is 2.89. The van der Waals surface area contributed by atoms with Gasteiger partial charge in [-0.1, -0.05) is 12.2 Å². The fourth-order valence-electron chi connectivity index (χ4n) is 3.84. The molecule has 0 fully saturated rings. The highest BCUT2D eigenvalue weighted by molar-refractivity contribution is 6.03. The number of hydrogen-bond donors (Lipinski definition) is 0. The van der Waals surface area contributed by atoms with Crippen LogP contribution in [0.1, 0.15) is 17.3 Å². The molecule has 7 nitrogen and oxygen atoms in total. The molecule has 4 rings (SSSR count). The number of nitro groups is 1. The fourth-order valence-corrected chi connectivity index (χ4v) is 3.84. The van der Waals surface area contributed by atoms with Crippen LogP contribution in [-0.4, -0.2) is 29.9 Å². The van der Waals surface area contributed by atoms with Crippen LogP contribution in [-0.2, 0) is 10.2 Å². The second-order valence-electron chi connectivity index (χ2n) is 5.97. The van der Waals surface area contributed by atoms with Crippen LogP contribution in [0.5, 0.6) is 11.5 Å². The Morgan fingerprint density at radius 2 is 1.96 bits per heavy atom. The summed E-state index contributed by atoms with van der Waals surface area (Å²) in [5.74, 6) is 0.677. The zero-order chi connectivity index (χ0) is 17.8. The lowest BCUT2D eigenvalue weighted by Gasteiger charge is -2.28. The van der Waals surface area contributed by atoms with E-state index in [0.29, 0.717) is 28.1 Å². The van der Waals surface area contributed by atoms with Crippen LogP contribution in [0, 0.1) is 10.1 Å². The van der Waals surface area contributed by atoms with Gasteiger partial charge in [-0.3, -0.25) is 19.9 Å². The van der Waals surface area contributed by atoms with Crippen LogP contribution in [0.25, 0.3) is 10.8 Å². The van der Waals surface area contributed by atoms with E-state index >= 15 is 0 Å². The van der Waals surface area contributed by atoms with E-state index in [-0.39, 0.29) is 10.7 Å². The summed E-state index contributed by atoms with van der Waals surface area (Å²) < 4.78 is 11.0. The van der Waals surface area contributed by atoms with Gasteiger partial charge in [-0.25, -0.2) is 0 Å². The summed E-state index contributed by atoms with van der Waals surface area (Å²) in [6.45, 7) is 0. The first-order valence-corrected chi connectivity index (χ1v) is 7.63. The van der Waals surface area contributed by atoms with Crippen LogP contribution in [0.4, 0.5) is 0 Å². The molecule has 2 aliphatic rings. The first kappa shape index (κ1) is 15.3. The van der Waals surface area contributed by atoms with Crippen LogP contribution >= 0.6 is 0 Å². The number of carbonyl (C=O) groups excluding carboxylic acids is 1. The standard InChI is InChI=1S/C18H14N2O5/c1-24-12-9-10-5-8-19-15-13(10)14(16(12)25-2)18(17(15)20(22)23)6-3-11(21)4-7-18/h3-9,17H,1-2H3. The summed E-state index contributed by atoms with van der Waals surface area (Å²) in [4.78, 5) is 27.5. The van der Waals surface area contributed by atoms with Gasteiger partial charge in [0.05, 0.1) is 14.2 Å². The number of pyridine rings is 1. The Morgan fingerprint density at radius 3 is 2.56 bits per heavy atom. The van der Waals surface area contributed by atoms with Gasteiger partial charge in [-0.05, 0) is 29.7 Å². The van der Waals surface area contributed by atoms with E-state index in [1.54, 1.807) is 30.5 Å². The van der Waals surface area contributed by atoms with E-state index in [0.717, 1.165) is 5.39 Å². The molecular formula is C18H14N2O5. The van der Waals surface area contributed by atoms with Gasteiger partial charge in [-0.2, -0.15) is 0 Å². The molecule has 1 spiro atoms. The second kappa shape index (κ2) is 5.14. The van der Waals surface area contributed by atoms with Crippen LogP contribution in [0.15, 0.2) is 42.6 Å². The minimum Gasteiger partial charge on any atom is -0.493 e. The van der Waals surface area contributed by atoms with Gasteiger partial charge < -0.3 is 9.47 Å². The van der Waals surface area contributed by atoms with Gasteiger partial charge in [-0.15, -0.1) is 0 Å². The molecule has 0 saturated carbocycles. The molecule has 0 bridgehead atoms. The molecule has 1 aromatic carbocycles. The van der Waals surface area contributed by atoms with Crippen molar-refractivity contribution < 1.29 is 19.2 Å². The number of allylic oxidation sites excluding steroid dienone is 2. The molecule has 0 amide bonds. The van der Waals surface area contributed by atoms with Gasteiger partial charge in [0.1, 0.15) is 11.1 Å². The summed E-state index contributed by atoms with van der Waals surface area (Å²) >= 11 is 0. The van der Waals surface area contributed by atoms with Crippen molar-refractivity contribution in [2.45, 2.75) is 11.5 Å². The number of rotatable bonds is 3. The monoisotopic (exact) mass is 338 g/mol. The molecule has 0 aliphatic heterocycles. The van der Waals surface area contributed by atoms with Gasteiger partial charge in [0.15, 0.2) is 17.3 Å². The minimum atomic E-state index is -1.15. The average molecular weight is 338 g/mol. The zero-order valence-electron chi connectivity index (χ0n) is 13.6. The Hall–Kier alpha value is -3.22. The Kier molecular flexibility index (Phi) is 3.15. The smallest absolute Gasteiger partial charge is 0.271 e. The molecule has 1 unspecified atom stereocenters. The number of methoxy groups -OCH3 is 2. The second-order valence-corrected chi connectivity index (χ2v) is 5.97. The Balaban J connectivity index is 2.19. The lowest BCUT2D eigenvalue weighted by Crippen LogP contribution is -2.33. The van der Waals surface area contributed by atoms with Crippen molar-refractivity contribution in [3.8, 4) is 11.5 Å². The predicted octanol–water partition coefficient (Wildman–Crippen LogP) is 2.52. The molecule has 1 aromatic heterocycles. The molecule has 2 aromatic rings. The van der Waals surface area contributed by atoms with Gasteiger partial charge in [0, 0.05) is 22.1 Å². The lowest BCUT2D eigenvalue weighted by molar-refractivity contribution is -0.536. The number of aromatic nitrogens is 1. The van der Waals surface area contributed by atoms with E-state index in [1.165, 1.54) is 26.4 Å². The number of hydrogen-bond acceptors (Lipinski definition) is 6. The third-order valence-corrected chi connectivity index (χ3v) is 4.83. The first-order valence-electron chi connectivity index (χ1n) is 7.63. The highest BCUT2D eigenvalue weighted by Crippen LogP contribution is 2.58. The molecule has 0 radical (unpaired) electrons. The van der Waals surface area contributed by atoms with Crippen LogP contribution < -0.4 is 9.47 Å². The Bertz CT molecular complexity index is 977. The summed E-state index contributed by atoms with van der Waals surface area (Å²) in [7, 11) is 3.01. The van der Waals surface area contributed by atoms with E-state index < -0.39 is 11.5 Å². The quantitative estimate of drug-likeness (QED) is 0.631. The van der Waals surface area contributed by atoms with Crippen molar-refractivity contribution in [1.82, 2.24) is 4.98 Å². The third kappa shape index (κ3) is 1.86. The maximum absolute atomic E-state index is 12.0. The first-order chi connectivity index (χ1) is 12.0. The zero-order valence-corrected chi connectivity index (χ0v) is 13.6. The van der Waals surface area contributed by atoms with Gasteiger partial charge in [0.25, 0.3) is 6.04 Å². The van der Waals surface area contributed by atoms with E-state index in [4.69, 9.17) is 9.47 Å². The largest absolute Gasteiger partial charge is 0.493 e. The topological polar surface area (TPSA) is 91.6 Å². The van der Waals surface area contributed by atoms with Crippen molar-refractivity contribution in [3.63, 3.8) is 0 Å². The summed E-state index contributed by atoms with van der Waals surface area (Å²) in [6.07, 6.45) is 7.40. The molecule has 1 atom stereocenters. The van der Waals surface area contributed by atoms with Crippen molar-refractivity contribution in [2.24, 2.45) is 0 Å². The van der Waals surface area contributed by atoms with Crippen molar-refractivity contribution in [3.05, 3.63) is 64.0 Å². The van der Waals surface area contributed by atoms with Gasteiger partial charge >= 0.3 is 0 Å².